The zero-order chi connectivity index (χ0) is 4.95. The Labute approximate surface area is 44.5 Å². The van der Waals surface area contributed by atoms with Crippen molar-refractivity contribution in [3.8, 4) is 0 Å². The summed E-state index contributed by atoms with van der Waals surface area (Å²) in [6.45, 7) is 0. The molecule has 0 spiro atoms. The van der Waals surface area contributed by atoms with E-state index in [9.17, 15) is 0 Å². The van der Waals surface area contributed by atoms with Gasteiger partial charge in [0.2, 0.25) is 0 Å². The molecule has 0 aromatic heterocycles. The molecule has 1 aliphatic rings. The zero-order valence-corrected chi connectivity index (χ0v) is 4.17. The van der Waals surface area contributed by atoms with Crippen LogP contribution in [0.25, 0.3) is 0 Å². The summed E-state index contributed by atoms with van der Waals surface area (Å²) in [5.74, 6) is 4.25. The molecule has 0 saturated heterocycles. The normalized spacial score (nSPS) is 16.0. The number of rotatable bonds is 0. The van der Waals surface area contributed by atoms with Crippen LogP contribution in [0.3, 0.4) is 0 Å². The Balaban J connectivity index is 2.60. The van der Waals surface area contributed by atoms with Crippen molar-refractivity contribution < 1.29 is 0 Å². The van der Waals surface area contributed by atoms with E-state index in [1.807, 2.05) is 12.2 Å². The predicted octanol–water partition coefficient (Wildman–Crippen LogP) is 1.02. The fourth-order valence-corrected chi connectivity index (χ4v) is 0.521. The summed E-state index contributed by atoms with van der Waals surface area (Å²) in [4.78, 5) is 0. The van der Waals surface area contributed by atoms with Gasteiger partial charge in [-0.15, -0.1) is 12.0 Å². The van der Waals surface area contributed by atoms with Gasteiger partial charge in [0.25, 0.3) is 0 Å². The minimum absolute atomic E-state index is 1.08. The second-order valence-electron chi connectivity index (χ2n) is 1.48. The van der Waals surface area contributed by atoms with Gasteiger partial charge in [-0.2, -0.15) is 0 Å². The summed E-state index contributed by atoms with van der Waals surface area (Å²) >= 11 is 0. The van der Waals surface area contributed by atoms with Gasteiger partial charge in [0.05, 0.1) is 0 Å². The van der Waals surface area contributed by atoms with Crippen molar-refractivity contribution in [2.45, 2.75) is 0 Å². The van der Waals surface area contributed by atoms with Crippen molar-refractivity contribution in [1.29, 1.82) is 0 Å². The molecule has 0 saturated carbocycles. The number of hydrogen-bond acceptors (Lipinski definition) is 0. The second kappa shape index (κ2) is 2.46. The monoisotopic (exact) mass is 90.1 g/mol. The summed E-state index contributed by atoms with van der Waals surface area (Å²) in [5, 5.41) is 0. The Morgan fingerprint density at radius 3 is 1.86 bits per heavy atom. The summed E-state index contributed by atoms with van der Waals surface area (Å²) in [6.07, 6.45) is 8.17. The van der Waals surface area contributed by atoms with Gasteiger partial charge in [-0.05, 0) is 0 Å². The lowest BCUT2D eigenvalue weighted by molar-refractivity contribution is 1.98. The molecule has 0 N–H and O–H groups in total. The smallest absolute Gasteiger partial charge is 0.114 e. The summed E-state index contributed by atoms with van der Waals surface area (Å²) < 4.78 is 0. The maximum atomic E-state index is 2.12. The lowest BCUT2D eigenvalue weighted by Crippen LogP contribution is -1.70. The van der Waals surface area contributed by atoms with Gasteiger partial charge in [0.1, 0.15) is 0 Å². The van der Waals surface area contributed by atoms with Crippen LogP contribution in [0.4, 0.5) is 0 Å². The molecule has 34 valence electrons. The highest BCUT2D eigenvalue weighted by molar-refractivity contribution is 6.48. The molecule has 0 unspecified atom stereocenters. The molecule has 0 atom stereocenters. The average Bonchev–Trinajstić information content (AvgIpc) is 1.90. The SMILES string of the molecule is B1C=CC=CC=C1. The van der Waals surface area contributed by atoms with Crippen molar-refractivity contribution in [1.82, 2.24) is 0 Å². The van der Waals surface area contributed by atoms with Gasteiger partial charge < -0.3 is 0 Å². The highest BCUT2D eigenvalue weighted by Gasteiger charge is 1.74. The van der Waals surface area contributed by atoms with Gasteiger partial charge in [0, 0.05) is 0 Å². The first kappa shape index (κ1) is 4.44. The molecule has 0 radical (unpaired) electrons. The minimum Gasteiger partial charge on any atom is -0.114 e. The molecule has 0 aliphatic carbocycles. The molecule has 1 rings (SSSR count). The molecule has 0 bridgehead atoms. The predicted molar refractivity (Wildman–Crippen MR) is 34.6 cm³/mol. The van der Waals surface area contributed by atoms with Gasteiger partial charge in [-0.3, -0.25) is 0 Å². The zero-order valence-electron chi connectivity index (χ0n) is 4.17. The van der Waals surface area contributed by atoms with Gasteiger partial charge in [-0.1, -0.05) is 24.3 Å². The average molecular weight is 89.9 g/mol. The third kappa shape index (κ3) is 1.44. The van der Waals surface area contributed by atoms with E-state index in [-0.39, 0.29) is 0 Å². The Kier molecular flexibility index (Phi) is 1.56. The van der Waals surface area contributed by atoms with E-state index >= 15 is 0 Å². The van der Waals surface area contributed by atoms with E-state index in [1.54, 1.807) is 0 Å². The molecule has 0 nitrogen and oxygen atoms in total. The third-order valence-corrected chi connectivity index (χ3v) is 0.878. The lowest BCUT2D eigenvalue weighted by Gasteiger charge is -1.65. The molecule has 0 amide bonds. The number of allylic oxidation sites excluding steroid dienone is 4. The fraction of sp³-hybridized carbons (Fsp3) is 0. The van der Waals surface area contributed by atoms with E-state index in [0.29, 0.717) is 0 Å². The van der Waals surface area contributed by atoms with Crippen molar-refractivity contribution in [2.24, 2.45) is 0 Å². The summed E-state index contributed by atoms with van der Waals surface area (Å²) in [5.41, 5.74) is 0. The molecular weight excluding hydrogens is 82.9 g/mol. The quantitative estimate of drug-likeness (QED) is 0.389. The Morgan fingerprint density at radius 1 is 0.714 bits per heavy atom. The second-order valence-corrected chi connectivity index (χ2v) is 1.48. The van der Waals surface area contributed by atoms with E-state index in [2.05, 4.69) is 24.1 Å². The Hall–Kier alpha value is -0.715. The molecule has 1 heterocycles. The van der Waals surface area contributed by atoms with E-state index in [4.69, 9.17) is 0 Å². The van der Waals surface area contributed by atoms with Crippen LogP contribution < -0.4 is 0 Å². The van der Waals surface area contributed by atoms with E-state index < -0.39 is 0 Å². The van der Waals surface area contributed by atoms with Crippen molar-refractivity contribution in [3.63, 3.8) is 0 Å². The minimum atomic E-state index is 1.08. The van der Waals surface area contributed by atoms with Crippen LogP contribution in [-0.4, -0.2) is 7.28 Å². The molecule has 0 fully saturated rings. The Morgan fingerprint density at radius 2 is 1.29 bits per heavy atom. The van der Waals surface area contributed by atoms with Crippen LogP contribution in [0.1, 0.15) is 0 Å². The van der Waals surface area contributed by atoms with E-state index in [0.717, 1.165) is 7.28 Å². The van der Waals surface area contributed by atoms with Crippen LogP contribution in [-0.2, 0) is 0 Å². The first-order valence-corrected chi connectivity index (χ1v) is 2.48. The van der Waals surface area contributed by atoms with Gasteiger partial charge in [0.15, 0.2) is 7.28 Å². The maximum absolute atomic E-state index is 2.12. The van der Waals surface area contributed by atoms with Crippen molar-refractivity contribution in [3.05, 3.63) is 36.3 Å². The highest BCUT2D eigenvalue weighted by atomic mass is 13.6. The van der Waals surface area contributed by atoms with Crippen LogP contribution in [0.15, 0.2) is 36.3 Å². The topological polar surface area (TPSA) is 0 Å². The molecule has 1 aliphatic heterocycles. The van der Waals surface area contributed by atoms with E-state index in [1.165, 1.54) is 0 Å². The van der Waals surface area contributed by atoms with Crippen LogP contribution in [0.2, 0.25) is 0 Å². The molecule has 7 heavy (non-hydrogen) atoms. The van der Waals surface area contributed by atoms with Crippen molar-refractivity contribution in [2.75, 3.05) is 0 Å². The summed E-state index contributed by atoms with van der Waals surface area (Å²) in [7, 11) is 1.08. The Bertz CT molecular complexity index is 106. The lowest BCUT2D eigenvalue weighted by atomic mass is 9.79. The van der Waals surface area contributed by atoms with Crippen LogP contribution in [0, 0.1) is 0 Å². The molecule has 1 heteroatoms. The van der Waals surface area contributed by atoms with Crippen LogP contribution in [0.5, 0.6) is 0 Å². The maximum Gasteiger partial charge on any atom is 0.173 e. The summed E-state index contributed by atoms with van der Waals surface area (Å²) in [6, 6.07) is 0. The first-order valence-electron chi connectivity index (χ1n) is 2.48. The molecule has 0 aromatic rings. The first-order chi connectivity index (χ1) is 3.50. The largest absolute Gasteiger partial charge is 0.173 e. The highest BCUT2D eigenvalue weighted by Crippen LogP contribution is 1.84. The van der Waals surface area contributed by atoms with Gasteiger partial charge in [-0.25, -0.2) is 0 Å². The molecular formula is C6H7B. The third-order valence-electron chi connectivity index (χ3n) is 0.878. The fourth-order valence-electron chi connectivity index (χ4n) is 0.521. The van der Waals surface area contributed by atoms with Gasteiger partial charge >= 0.3 is 0 Å². The van der Waals surface area contributed by atoms with Crippen molar-refractivity contribution >= 4 is 7.28 Å². The standard InChI is InChI=1S/C6H7B/c1-2-4-6-7-5-3-1/h1-7H. The molecule has 0 aromatic carbocycles. The van der Waals surface area contributed by atoms with Crippen LogP contribution >= 0.6 is 0 Å². The number of hydrogen-bond donors (Lipinski definition) is 0.